The number of halogens is 2. The summed E-state index contributed by atoms with van der Waals surface area (Å²) >= 11 is 0. The van der Waals surface area contributed by atoms with E-state index in [0.29, 0.717) is 0 Å². The smallest absolute Gasteiger partial charge is 0.226 e. The summed E-state index contributed by atoms with van der Waals surface area (Å²) in [6, 6.07) is 12.6. The van der Waals surface area contributed by atoms with Crippen molar-refractivity contribution in [2.24, 2.45) is 0 Å². The van der Waals surface area contributed by atoms with E-state index in [-0.39, 0.29) is 24.9 Å². The standard InChI is InChI=1S/C19H20F2N2O2/c1-13(15-7-4-3-5-8-15)23(14(2)24)12-11-18(25)22-19-16(20)9-6-10-17(19)21/h3-10,13H,11-12H2,1-2H3,(H,22,25). The van der Waals surface area contributed by atoms with Gasteiger partial charge in [-0.05, 0) is 24.6 Å². The zero-order valence-electron chi connectivity index (χ0n) is 14.1. The van der Waals surface area contributed by atoms with Crippen LogP contribution in [0, 0.1) is 11.6 Å². The van der Waals surface area contributed by atoms with E-state index in [2.05, 4.69) is 5.32 Å². The van der Waals surface area contributed by atoms with E-state index in [9.17, 15) is 18.4 Å². The Hall–Kier alpha value is -2.76. The highest BCUT2D eigenvalue weighted by molar-refractivity contribution is 5.91. The van der Waals surface area contributed by atoms with Gasteiger partial charge < -0.3 is 10.2 Å². The van der Waals surface area contributed by atoms with Crippen molar-refractivity contribution in [1.29, 1.82) is 0 Å². The van der Waals surface area contributed by atoms with E-state index >= 15 is 0 Å². The molecule has 1 N–H and O–H groups in total. The van der Waals surface area contributed by atoms with Crippen LogP contribution in [-0.2, 0) is 9.59 Å². The lowest BCUT2D eigenvalue weighted by Crippen LogP contribution is -2.34. The van der Waals surface area contributed by atoms with Crippen LogP contribution in [0.25, 0.3) is 0 Å². The normalized spacial score (nSPS) is 11.7. The Bertz CT molecular complexity index is 730. The van der Waals surface area contributed by atoms with Crippen LogP contribution in [0.5, 0.6) is 0 Å². The molecule has 0 spiro atoms. The monoisotopic (exact) mass is 346 g/mol. The van der Waals surface area contributed by atoms with Gasteiger partial charge in [-0.25, -0.2) is 8.78 Å². The Labute approximate surface area is 145 Å². The third-order valence-electron chi connectivity index (χ3n) is 3.96. The van der Waals surface area contributed by atoms with Gasteiger partial charge in [-0.3, -0.25) is 9.59 Å². The molecule has 1 unspecified atom stereocenters. The van der Waals surface area contributed by atoms with Gasteiger partial charge in [0.05, 0.1) is 6.04 Å². The molecule has 2 aromatic rings. The predicted octanol–water partition coefficient (Wildman–Crippen LogP) is 3.90. The lowest BCUT2D eigenvalue weighted by Gasteiger charge is -2.28. The van der Waals surface area contributed by atoms with Crippen molar-refractivity contribution in [2.75, 3.05) is 11.9 Å². The molecule has 0 saturated heterocycles. The molecule has 132 valence electrons. The minimum Gasteiger partial charge on any atom is -0.336 e. The molecular formula is C19H20F2N2O2. The van der Waals surface area contributed by atoms with E-state index in [0.717, 1.165) is 17.7 Å². The summed E-state index contributed by atoms with van der Waals surface area (Å²) in [5.74, 6) is -2.42. The molecule has 1 atom stereocenters. The summed E-state index contributed by atoms with van der Waals surface area (Å²) in [7, 11) is 0. The molecule has 0 radical (unpaired) electrons. The third kappa shape index (κ3) is 4.86. The van der Waals surface area contributed by atoms with Crippen LogP contribution in [0.1, 0.15) is 31.9 Å². The summed E-state index contributed by atoms with van der Waals surface area (Å²) in [5, 5.41) is 2.22. The number of carbonyl (C=O) groups is 2. The maximum absolute atomic E-state index is 13.6. The van der Waals surface area contributed by atoms with Gasteiger partial charge in [0.15, 0.2) is 0 Å². The molecule has 0 saturated carbocycles. The molecular weight excluding hydrogens is 326 g/mol. The highest BCUT2D eigenvalue weighted by Gasteiger charge is 2.20. The Kier molecular flexibility index (Phi) is 6.22. The molecule has 4 nitrogen and oxygen atoms in total. The molecule has 0 aliphatic rings. The van der Waals surface area contributed by atoms with E-state index < -0.39 is 23.2 Å². The van der Waals surface area contributed by atoms with Crippen molar-refractivity contribution in [2.45, 2.75) is 26.3 Å². The fraction of sp³-hybridized carbons (Fsp3) is 0.263. The molecule has 0 heterocycles. The quantitative estimate of drug-likeness (QED) is 0.862. The second kappa shape index (κ2) is 8.37. The first-order valence-electron chi connectivity index (χ1n) is 7.96. The number of hydrogen-bond donors (Lipinski definition) is 1. The van der Waals surface area contributed by atoms with Gasteiger partial charge in [0.25, 0.3) is 0 Å². The van der Waals surface area contributed by atoms with Crippen molar-refractivity contribution in [1.82, 2.24) is 4.90 Å². The second-order valence-electron chi connectivity index (χ2n) is 5.69. The topological polar surface area (TPSA) is 49.4 Å². The van der Waals surface area contributed by atoms with Crippen LogP contribution >= 0.6 is 0 Å². The molecule has 2 rings (SSSR count). The first kappa shape index (κ1) is 18.6. The lowest BCUT2D eigenvalue weighted by molar-refractivity contribution is -0.131. The Morgan fingerprint density at radius 3 is 2.20 bits per heavy atom. The third-order valence-corrected chi connectivity index (χ3v) is 3.96. The van der Waals surface area contributed by atoms with Crippen molar-refractivity contribution in [3.63, 3.8) is 0 Å². The summed E-state index contributed by atoms with van der Waals surface area (Å²) in [6.07, 6.45) is -0.0650. The van der Waals surface area contributed by atoms with Crippen molar-refractivity contribution >= 4 is 17.5 Å². The second-order valence-corrected chi connectivity index (χ2v) is 5.69. The molecule has 2 amide bonds. The van der Waals surface area contributed by atoms with Crippen LogP contribution < -0.4 is 5.32 Å². The highest BCUT2D eigenvalue weighted by atomic mass is 19.1. The lowest BCUT2D eigenvalue weighted by atomic mass is 10.1. The highest BCUT2D eigenvalue weighted by Crippen LogP contribution is 2.21. The van der Waals surface area contributed by atoms with E-state index in [1.54, 1.807) is 4.90 Å². The summed E-state index contributed by atoms with van der Waals surface area (Å²) in [4.78, 5) is 25.5. The van der Waals surface area contributed by atoms with E-state index in [1.165, 1.54) is 13.0 Å². The SMILES string of the molecule is CC(=O)N(CCC(=O)Nc1c(F)cccc1F)C(C)c1ccccc1. The molecule has 25 heavy (non-hydrogen) atoms. The number of nitrogens with zero attached hydrogens (tertiary/aromatic N) is 1. The summed E-state index contributed by atoms with van der Waals surface area (Å²) < 4.78 is 27.1. The molecule has 0 bridgehead atoms. The fourth-order valence-electron chi connectivity index (χ4n) is 2.58. The fourth-order valence-corrected chi connectivity index (χ4v) is 2.58. The largest absolute Gasteiger partial charge is 0.336 e. The van der Waals surface area contributed by atoms with Crippen LogP contribution in [0.2, 0.25) is 0 Å². The van der Waals surface area contributed by atoms with Gasteiger partial charge >= 0.3 is 0 Å². The Morgan fingerprint density at radius 2 is 1.64 bits per heavy atom. The van der Waals surface area contributed by atoms with Gasteiger partial charge in [-0.2, -0.15) is 0 Å². The minimum absolute atomic E-state index is 0.0650. The number of nitrogens with one attached hydrogen (secondary N) is 1. The van der Waals surface area contributed by atoms with Crippen molar-refractivity contribution in [3.05, 3.63) is 65.7 Å². The van der Waals surface area contributed by atoms with Gasteiger partial charge in [-0.15, -0.1) is 0 Å². The van der Waals surface area contributed by atoms with Crippen molar-refractivity contribution in [3.8, 4) is 0 Å². The summed E-state index contributed by atoms with van der Waals surface area (Å²) in [6.45, 7) is 3.44. The van der Waals surface area contributed by atoms with Crippen LogP contribution in [0.3, 0.4) is 0 Å². The molecule has 0 aliphatic heterocycles. The van der Waals surface area contributed by atoms with Gasteiger partial charge in [0, 0.05) is 19.9 Å². The molecule has 2 aromatic carbocycles. The summed E-state index contributed by atoms with van der Waals surface area (Å²) in [5.41, 5.74) is 0.469. The molecule has 0 fully saturated rings. The van der Waals surface area contributed by atoms with Crippen LogP contribution in [0.4, 0.5) is 14.5 Å². The Morgan fingerprint density at radius 1 is 1.04 bits per heavy atom. The first-order valence-corrected chi connectivity index (χ1v) is 7.96. The Balaban J connectivity index is 2.01. The molecule has 6 heteroatoms. The minimum atomic E-state index is -0.838. The maximum Gasteiger partial charge on any atom is 0.226 e. The van der Waals surface area contributed by atoms with E-state index in [4.69, 9.17) is 0 Å². The number of anilines is 1. The number of carbonyl (C=O) groups excluding carboxylic acids is 2. The molecule has 0 aromatic heterocycles. The van der Waals surface area contributed by atoms with Crippen LogP contribution in [0.15, 0.2) is 48.5 Å². The zero-order chi connectivity index (χ0) is 18.4. The zero-order valence-corrected chi connectivity index (χ0v) is 14.1. The van der Waals surface area contributed by atoms with Gasteiger partial charge in [0.2, 0.25) is 11.8 Å². The predicted molar refractivity (Wildman–Crippen MR) is 91.8 cm³/mol. The average Bonchev–Trinajstić information content (AvgIpc) is 2.59. The van der Waals surface area contributed by atoms with Crippen LogP contribution in [-0.4, -0.2) is 23.3 Å². The number of amides is 2. The number of para-hydroxylation sites is 1. The van der Waals surface area contributed by atoms with Gasteiger partial charge in [-0.1, -0.05) is 36.4 Å². The average molecular weight is 346 g/mol. The maximum atomic E-state index is 13.6. The van der Waals surface area contributed by atoms with Gasteiger partial charge in [0.1, 0.15) is 17.3 Å². The number of benzene rings is 2. The number of rotatable bonds is 6. The first-order chi connectivity index (χ1) is 11.9. The molecule has 0 aliphatic carbocycles. The number of hydrogen-bond acceptors (Lipinski definition) is 2. The van der Waals surface area contributed by atoms with E-state index in [1.807, 2.05) is 37.3 Å². The van der Waals surface area contributed by atoms with Crippen molar-refractivity contribution < 1.29 is 18.4 Å².